The summed E-state index contributed by atoms with van der Waals surface area (Å²) in [6.45, 7) is 8.54. The summed E-state index contributed by atoms with van der Waals surface area (Å²) < 4.78 is 5.21. The van der Waals surface area contributed by atoms with Crippen LogP contribution >= 0.6 is 0 Å². The van der Waals surface area contributed by atoms with Gasteiger partial charge in [0, 0.05) is 0 Å². The molecule has 0 heterocycles. The van der Waals surface area contributed by atoms with Crippen LogP contribution in [0, 0.1) is 0 Å². The summed E-state index contributed by atoms with van der Waals surface area (Å²) in [5.74, 6) is 0. The quantitative estimate of drug-likeness (QED) is 0.397. The van der Waals surface area contributed by atoms with Crippen molar-refractivity contribution < 1.29 is 4.43 Å². The van der Waals surface area contributed by atoms with Gasteiger partial charge in [-0.25, -0.2) is 0 Å². The molecule has 0 aromatic carbocycles. The zero-order valence-corrected chi connectivity index (χ0v) is 6.13. The second kappa shape index (κ2) is 4.09. The smallest absolute Gasteiger partial charge is 0.171 e. The van der Waals surface area contributed by atoms with Gasteiger partial charge >= 0.3 is 0 Å². The van der Waals surface area contributed by atoms with Gasteiger partial charge in [-0.3, -0.25) is 0 Å². The molecule has 1 nitrogen and oxygen atoms in total. The van der Waals surface area contributed by atoms with Crippen LogP contribution < -0.4 is 0 Å². The molecule has 0 rings (SSSR count). The van der Waals surface area contributed by atoms with Crippen LogP contribution in [0.3, 0.4) is 0 Å². The molecule has 7 heavy (non-hydrogen) atoms. The first-order chi connectivity index (χ1) is 3.27. The molecule has 0 fully saturated rings. The van der Waals surface area contributed by atoms with Crippen LogP contribution in [-0.4, -0.2) is 15.6 Å². The van der Waals surface area contributed by atoms with E-state index in [9.17, 15) is 0 Å². The van der Waals surface area contributed by atoms with Gasteiger partial charge in [0.15, 0.2) is 9.04 Å². The molecule has 0 atom stereocenters. The molecule has 0 N–H and O–H groups in total. The van der Waals surface area contributed by atoms with Crippen molar-refractivity contribution in [1.82, 2.24) is 0 Å². The number of hydrogen-bond donors (Lipinski definition) is 0. The van der Waals surface area contributed by atoms with Gasteiger partial charge in [0.1, 0.15) is 0 Å². The van der Waals surface area contributed by atoms with E-state index in [0.717, 1.165) is 6.61 Å². The fourth-order valence-corrected chi connectivity index (χ4v) is 0.781. The molecule has 0 bridgehead atoms. The largest absolute Gasteiger partial charge is 0.417 e. The third kappa shape index (κ3) is 5.92. The molecule has 0 aliphatic rings. The Hall–Kier alpha value is -0.0831. The molecule has 0 spiro atoms. The fourth-order valence-electron chi connectivity index (χ4n) is 0.260. The highest BCUT2D eigenvalue weighted by atomic mass is 28.3. The van der Waals surface area contributed by atoms with Gasteiger partial charge < -0.3 is 4.43 Å². The Morgan fingerprint density at radius 2 is 2.29 bits per heavy atom. The summed E-state index contributed by atoms with van der Waals surface area (Å²) in [4.78, 5) is 0. The topological polar surface area (TPSA) is 9.23 Å². The van der Waals surface area contributed by atoms with Crippen LogP contribution in [0.2, 0.25) is 13.1 Å². The zero-order chi connectivity index (χ0) is 5.70. The van der Waals surface area contributed by atoms with E-state index in [0.29, 0.717) is 0 Å². The lowest BCUT2D eigenvalue weighted by atomic mass is 10.7. The Bertz CT molecular complexity index is 52.0. The van der Waals surface area contributed by atoms with Crippen LogP contribution in [-0.2, 0) is 4.43 Å². The van der Waals surface area contributed by atoms with Crippen LogP contribution in [0.5, 0.6) is 0 Å². The van der Waals surface area contributed by atoms with E-state index in [4.69, 9.17) is 4.43 Å². The van der Waals surface area contributed by atoms with Crippen molar-refractivity contribution in [3.8, 4) is 0 Å². The SMILES string of the molecule is C=CCO[SiH](C)C. The first kappa shape index (κ1) is 6.92. The summed E-state index contributed by atoms with van der Waals surface area (Å²) in [5, 5.41) is 0. The second-order valence-corrected chi connectivity index (χ2v) is 4.10. The molecule has 0 amide bonds. The lowest BCUT2D eigenvalue weighted by Gasteiger charge is -1.99. The van der Waals surface area contributed by atoms with E-state index < -0.39 is 9.04 Å². The molecule has 0 aromatic rings. The highest BCUT2D eigenvalue weighted by Gasteiger charge is 1.88. The monoisotopic (exact) mass is 116 g/mol. The minimum atomic E-state index is -0.759. The maximum atomic E-state index is 5.21. The summed E-state index contributed by atoms with van der Waals surface area (Å²) in [5.41, 5.74) is 0. The van der Waals surface area contributed by atoms with Gasteiger partial charge in [0.2, 0.25) is 0 Å². The van der Waals surface area contributed by atoms with Crippen molar-refractivity contribution in [3.63, 3.8) is 0 Å². The summed E-state index contributed by atoms with van der Waals surface area (Å²) in [7, 11) is -0.759. The predicted molar refractivity (Wildman–Crippen MR) is 35.0 cm³/mol. The maximum absolute atomic E-state index is 5.21. The molecule has 0 aliphatic carbocycles. The Labute approximate surface area is 46.7 Å². The lowest BCUT2D eigenvalue weighted by molar-refractivity contribution is 0.375. The fraction of sp³-hybridized carbons (Fsp3) is 0.600. The highest BCUT2D eigenvalue weighted by molar-refractivity contribution is 6.48. The first-order valence-electron chi connectivity index (χ1n) is 2.50. The van der Waals surface area contributed by atoms with Gasteiger partial charge in [0.05, 0.1) is 6.61 Å². The van der Waals surface area contributed by atoms with Crippen LogP contribution in [0.25, 0.3) is 0 Å². The molecule has 2 heteroatoms. The number of hydrogen-bond acceptors (Lipinski definition) is 1. The standard InChI is InChI=1S/C5H12OSi/c1-4-5-6-7(2)3/h4,7H,1,5H2,2-3H3. The van der Waals surface area contributed by atoms with E-state index in [1.807, 2.05) is 0 Å². The summed E-state index contributed by atoms with van der Waals surface area (Å²) in [6.07, 6.45) is 1.78. The molecule has 0 radical (unpaired) electrons. The van der Waals surface area contributed by atoms with Crippen LogP contribution in [0.1, 0.15) is 0 Å². The molecule has 42 valence electrons. The minimum Gasteiger partial charge on any atom is -0.417 e. The third-order valence-corrected chi connectivity index (χ3v) is 1.41. The Morgan fingerprint density at radius 1 is 1.71 bits per heavy atom. The molecular weight excluding hydrogens is 104 g/mol. The predicted octanol–water partition coefficient (Wildman–Crippen LogP) is 1.17. The van der Waals surface area contributed by atoms with E-state index in [2.05, 4.69) is 19.7 Å². The highest BCUT2D eigenvalue weighted by Crippen LogP contribution is 1.81. The van der Waals surface area contributed by atoms with E-state index in [1.165, 1.54) is 0 Å². The van der Waals surface area contributed by atoms with E-state index in [1.54, 1.807) is 6.08 Å². The van der Waals surface area contributed by atoms with Crippen molar-refractivity contribution in [1.29, 1.82) is 0 Å². The van der Waals surface area contributed by atoms with Gasteiger partial charge in [-0.15, -0.1) is 6.58 Å². The van der Waals surface area contributed by atoms with Gasteiger partial charge in [-0.2, -0.15) is 0 Å². The molecule has 0 saturated heterocycles. The molecular formula is C5H12OSi. The van der Waals surface area contributed by atoms with Crippen molar-refractivity contribution in [2.24, 2.45) is 0 Å². The molecule has 0 unspecified atom stereocenters. The Kier molecular flexibility index (Phi) is 4.04. The number of rotatable bonds is 3. The average Bonchev–Trinajstić information content (AvgIpc) is 1.61. The zero-order valence-electron chi connectivity index (χ0n) is 4.98. The summed E-state index contributed by atoms with van der Waals surface area (Å²) in [6, 6.07) is 0. The van der Waals surface area contributed by atoms with Gasteiger partial charge in [-0.05, 0) is 13.1 Å². The van der Waals surface area contributed by atoms with Gasteiger partial charge in [0.25, 0.3) is 0 Å². The van der Waals surface area contributed by atoms with Crippen molar-refractivity contribution in [2.45, 2.75) is 13.1 Å². The van der Waals surface area contributed by atoms with Crippen LogP contribution in [0.15, 0.2) is 12.7 Å². The Morgan fingerprint density at radius 3 is 2.43 bits per heavy atom. The van der Waals surface area contributed by atoms with E-state index >= 15 is 0 Å². The Balaban J connectivity index is 2.81. The van der Waals surface area contributed by atoms with Crippen molar-refractivity contribution in [3.05, 3.63) is 12.7 Å². The van der Waals surface area contributed by atoms with Crippen molar-refractivity contribution >= 4 is 9.04 Å². The van der Waals surface area contributed by atoms with E-state index in [-0.39, 0.29) is 0 Å². The average molecular weight is 116 g/mol. The van der Waals surface area contributed by atoms with Crippen molar-refractivity contribution in [2.75, 3.05) is 6.61 Å². The van der Waals surface area contributed by atoms with Crippen LogP contribution in [0.4, 0.5) is 0 Å². The minimum absolute atomic E-state index is 0.726. The molecule has 0 saturated carbocycles. The first-order valence-corrected chi connectivity index (χ1v) is 5.28. The molecule has 0 aliphatic heterocycles. The normalized spacial score (nSPS) is 9.57. The maximum Gasteiger partial charge on any atom is 0.171 e. The summed E-state index contributed by atoms with van der Waals surface area (Å²) >= 11 is 0. The lowest BCUT2D eigenvalue weighted by Crippen LogP contribution is -2.06. The van der Waals surface area contributed by atoms with Gasteiger partial charge in [-0.1, -0.05) is 6.08 Å². The molecule has 0 aromatic heterocycles. The third-order valence-electron chi connectivity index (χ3n) is 0.547. The second-order valence-electron chi connectivity index (χ2n) is 1.67.